The van der Waals surface area contributed by atoms with Crippen LogP contribution < -0.4 is 0 Å². The average molecular weight is 269 g/mol. The van der Waals surface area contributed by atoms with Crippen molar-refractivity contribution in [3.05, 3.63) is 34.3 Å². The van der Waals surface area contributed by atoms with Gasteiger partial charge >= 0.3 is 0 Å². The van der Waals surface area contributed by atoms with Gasteiger partial charge in [-0.2, -0.15) is 0 Å². The van der Waals surface area contributed by atoms with Gasteiger partial charge in [0.05, 0.1) is 6.61 Å². The summed E-state index contributed by atoms with van der Waals surface area (Å²) in [6.07, 6.45) is 2.11. The van der Waals surface area contributed by atoms with Gasteiger partial charge in [-0.1, -0.05) is 28.1 Å². The zero-order valence-electron chi connectivity index (χ0n) is 8.41. The van der Waals surface area contributed by atoms with Crippen molar-refractivity contribution in [1.29, 1.82) is 0 Å². The first-order chi connectivity index (χ1) is 7.25. The van der Waals surface area contributed by atoms with Gasteiger partial charge in [-0.15, -0.1) is 0 Å². The monoisotopic (exact) mass is 268 g/mol. The summed E-state index contributed by atoms with van der Waals surface area (Å²) in [5.74, 6) is 0.553. The van der Waals surface area contributed by atoms with E-state index in [-0.39, 0.29) is 12.4 Å². The molecule has 1 aromatic carbocycles. The minimum absolute atomic E-state index is 0.255. The van der Waals surface area contributed by atoms with Crippen molar-refractivity contribution < 1.29 is 9.53 Å². The molecule has 0 spiro atoms. The average Bonchev–Trinajstić information content (AvgIpc) is 3.00. The molecule has 0 bridgehead atoms. The van der Waals surface area contributed by atoms with Crippen LogP contribution in [-0.2, 0) is 16.1 Å². The number of carbonyl (C=O) groups excluding carboxylic acids is 1. The van der Waals surface area contributed by atoms with E-state index in [9.17, 15) is 4.79 Å². The summed E-state index contributed by atoms with van der Waals surface area (Å²) in [6.45, 7) is 0.773. The van der Waals surface area contributed by atoms with Crippen molar-refractivity contribution in [2.24, 2.45) is 5.92 Å². The second-order valence-electron chi connectivity index (χ2n) is 3.86. The molecule has 1 aromatic rings. The lowest BCUT2D eigenvalue weighted by molar-refractivity contribution is -0.125. The third kappa shape index (κ3) is 3.43. The molecule has 1 saturated carbocycles. The molecule has 1 aliphatic rings. The van der Waals surface area contributed by atoms with Crippen LogP contribution in [0.3, 0.4) is 0 Å². The molecule has 2 rings (SSSR count). The third-order valence-corrected chi connectivity index (χ3v) is 2.93. The van der Waals surface area contributed by atoms with E-state index in [4.69, 9.17) is 4.74 Å². The number of halogens is 1. The van der Waals surface area contributed by atoms with Crippen molar-refractivity contribution in [3.63, 3.8) is 0 Å². The fraction of sp³-hybridized carbons (Fsp3) is 0.417. The predicted molar refractivity (Wildman–Crippen MR) is 61.5 cm³/mol. The van der Waals surface area contributed by atoms with Gasteiger partial charge in [0, 0.05) is 10.4 Å². The first kappa shape index (κ1) is 10.8. The van der Waals surface area contributed by atoms with Crippen LogP contribution in [0.15, 0.2) is 28.7 Å². The highest BCUT2D eigenvalue weighted by atomic mass is 79.9. The van der Waals surface area contributed by atoms with Gasteiger partial charge in [0.1, 0.15) is 6.61 Å². The molecule has 3 heteroatoms. The van der Waals surface area contributed by atoms with E-state index >= 15 is 0 Å². The van der Waals surface area contributed by atoms with E-state index in [1.165, 1.54) is 0 Å². The fourth-order valence-corrected chi connectivity index (χ4v) is 1.87. The normalized spacial score (nSPS) is 15.3. The van der Waals surface area contributed by atoms with Gasteiger partial charge < -0.3 is 4.74 Å². The van der Waals surface area contributed by atoms with Crippen LogP contribution in [0, 0.1) is 5.92 Å². The molecular weight excluding hydrogens is 256 g/mol. The maximum Gasteiger partial charge on any atom is 0.161 e. The highest BCUT2D eigenvalue weighted by Gasteiger charge is 2.29. The number of Topliss-reactive ketones (excluding diaryl/α,β-unsaturated/α-hetero) is 1. The summed E-state index contributed by atoms with van der Waals surface area (Å²) < 4.78 is 6.41. The van der Waals surface area contributed by atoms with E-state index in [2.05, 4.69) is 15.9 Å². The maximum absolute atomic E-state index is 11.3. The zero-order chi connectivity index (χ0) is 10.7. The quantitative estimate of drug-likeness (QED) is 0.821. The first-order valence-electron chi connectivity index (χ1n) is 5.10. The Bertz CT molecular complexity index is 358. The Hall–Kier alpha value is -0.670. The van der Waals surface area contributed by atoms with Gasteiger partial charge in [-0.05, 0) is 30.5 Å². The second-order valence-corrected chi connectivity index (χ2v) is 4.78. The van der Waals surface area contributed by atoms with Crippen LogP contribution >= 0.6 is 15.9 Å². The Kier molecular flexibility index (Phi) is 3.54. The van der Waals surface area contributed by atoms with E-state index in [1.54, 1.807) is 0 Å². The summed E-state index contributed by atoms with van der Waals surface area (Å²) in [5, 5.41) is 0. The van der Waals surface area contributed by atoms with Gasteiger partial charge in [0.15, 0.2) is 5.78 Å². The Morgan fingerprint density at radius 1 is 1.47 bits per heavy atom. The maximum atomic E-state index is 11.3. The molecule has 80 valence electrons. The fourth-order valence-electron chi connectivity index (χ4n) is 1.42. The molecule has 0 atom stereocenters. The van der Waals surface area contributed by atoms with E-state index in [0.717, 1.165) is 22.9 Å². The lowest BCUT2D eigenvalue weighted by atomic mass is 10.2. The highest BCUT2D eigenvalue weighted by molar-refractivity contribution is 9.10. The molecule has 0 N–H and O–H groups in total. The molecular formula is C12H13BrO2. The molecule has 0 saturated heterocycles. The zero-order valence-corrected chi connectivity index (χ0v) is 10.00. The van der Waals surface area contributed by atoms with Crippen LogP contribution in [0.5, 0.6) is 0 Å². The van der Waals surface area contributed by atoms with Crippen molar-refractivity contribution in [3.8, 4) is 0 Å². The molecule has 0 radical (unpaired) electrons. The number of benzene rings is 1. The van der Waals surface area contributed by atoms with E-state index < -0.39 is 0 Å². The molecule has 1 fully saturated rings. The lowest BCUT2D eigenvalue weighted by Gasteiger charge is -2.03. The predicted octanol–water partition coefficient (Wildman–Crippen LogP) is 2.94. The van der Waals surface area contributed by atoms with Crippen molar-refractivity contribution in [1.82, 2.24) is 0 Å². The lowest BCUT2D eigenvalue weighted by Crippen LogP contribution is -2.10. The molecule has 15 heavy (non-hydrogen) atoms. The number of carbonyl (C=O) groups is 1. The van der Waals surface area contributed by atoms with E-state index in [0.29, 0.717) is 12.5 Å². The third-order valence-electron chi connectivity index (χ3n) is 2.43. The topological polar surface area (TPSA) is 26.3 Å². The number of rotatable bonds is 5. The summed E-state index contributed by atoms with van der Waals surface area (Å²) in [5.41, 5.74) is 1.09. The Morgan fingerprint density at radius 3 is 2.93 bits per heavy atom. The minimum Gasteiger partial charge on any atom is -0.369 e. The summed E-state index contributed by atoms with van der Waals surface area (Å²) >= 11 is 3.39. The molecule has 0 aliphatic heterocycles. The van der Waals surface area contributed by atoms with Gasteiger partial charge in [0.2, 0.25) is 0 Å². The molecule has 0 heterocycles. The highest BCUT2D eigenvalue weighted by Crippen LogP contribution is 2.29. The number of ether oxygens (including phenoxy) is 1. The first-order valence-corrected chi connectivity index (χ1v) is 5.90. The summed E-state index contributed by atoms with van der Waals surface area (Å²) in [6, 6.07) is 7.93. The SMILES string of the molecule is O=C(COCc1cccc(Br)c1)C1CC1. The second kappa shape index (κ2) is 4.90. The Morgan fingerprint density at radius 2 is 2.27 bits per heavy atom. The van der Waals surface area contributed by atoms with Crippen LogP contribution in [0.4, 0.5) is 0 Å². The Balaban J connectivity index is 1.75. The van der Waals surface area contributed by atoms with Gasteiger partial charge in [0.25, 0.3) is 0 Å². The molecule has 0 amide bonds. The summed E-state index contributed by atoms with van der Waals surface area (Å²) in [4.78, 5) is 11.3. The number of hydrogen-bond donors (Lipinski definition) is 0. The summed E-state index contributed by atoms with van der Waals surface area (Å²) in [7, 11) is 0. The smallest absolute Gasteiger partial charge is 0.161 e. The molecule has 2 nitrogen and oxygen atoms in total. The van der Waals surface area contributed by atoms with Crippen molar-refractivity contribution in [2.45, 2.75) is 19.4 Å². The van der Waals surface area contributed by atoms with Crippen LogP contribution in [0.1, 0.15) is 18.4 Å². The van der Waals surface area contributed by atoms with Gasteiger partial charge in [-0.25, -0.2) is 0 Å². The van der Waals surface area contributed by atoms with Gasteiger partial charge in [-0.3, -0.25) is 4.79 Å². The molecule has 1 aliphatic carbocycles. The van der Waals surface area contributed by atoms with E-state index in [1.807, 2.05) is 24.3 Å². The van der Waals surface area contributed by atoms with Crippen LogP contribution in [0.25, 0.3) is 0 Å². The largest absolute Gasteiger partial charge is 0.369 e. The molecule has 0 unspecified atom stereocenters. The van der Waals surface area contributed by atoms with Crippen LogP contribution in [0.2, 0.25) is 0 Å². The molecule has 0 aromatic heterocycles. The number of hydrogen-bond acceptors (Lipinski definition) is 2. The standard InChI is InChI=1S/C12H13BrO2/c13-11-3-1-2-9(6-11)7-15-8-12(14)10-4-5-10/h1-3,6,10H,4-5,7-8H2. The van der Waals surface area contributed by atoms with Crippen molar-refractivity contribution in [2.75, 3.05) is 6.61 Å². The Labute approximate surface area is 97.8 Å². The van der Waals surface area contributed by atoms with Crippen LogP contribution in [-0.4, -0.2) is 12.4 Å². The number of ketones is 1. The minimum atomic E-state index is 0.255. The van der Waals surface area contributed by atoms with Crippen molar-refractivity contribution >= 4 is 21.7 Å².